The van der Waals surface area contributed by atoms with E-state index in [2.05, 4.69) is 20.9 Å². The lowest BCUT2D eigenvalue weighted by molar-refractivity contribution is -0.593. The first kappa shape index (κ1) is 28.3. The van der Waals surface area contributed by atoms with Crippen molar-refractivity contribution in [3.8, 4) is 23.6 Å². The maximum Gasteiger partial charge on any atom is 0.291 e. The Balaban J connectivity index is 1.25. The predicted octanol–water partition coefficient (Wildman–Crippen LogP) is 1.77. The molecule has 0 aliphatic carbocycles. The lowest BCUT2D eigenvalue weighted by Crippen LogP contribution is -2.57. The summed E-state index contributed by atoms with van der Waals surface area (Å²) in [5.74, 6) is 2.10. The summed E-state index contributed by atoms with van der Waals surface area (Å²) in [6.07, 6.45) is 11.4. The van der Waals surface area contributed by atoms with Crippen molar-refractivity contribution >= 4 is 32.7 Å². The molecule has 2 amide bonds. The largest absolute Gasteiger partial charge is 0.618 e. The molecule has 6 rings (SSSR count). The third-order valence-electron chi connectivity index (χ3n) is 7.95. The van der Waals surface area contributed by atoms with Gasteiger partial charge >= 0.3 is 0 Å². The van der Waals surface area contributed by atoms with E-state index in [9.17, 15) is 23.2 Å². The first-order valence-corrected chi connectivity index (χ1v) is 15.4. The fourth-order valence-electron chi connectivity index (χ4n) is 5.63. The van der Waals surface area contributed by atoms with E-state index in [0.717, 1.165) is 6.42 Å². The number of hydrogen-bond acceptors (Lipinski definition) is 7. The Bertz CT molecular complexity index is 1850. The minimum Gasteiger partial charge on any atom is -0.618 e. The van der Waals surface area contributed by atoms with Crippen LogP contribution >= 0.6 is 0 Å². The van der Waals surface area contributed by atoms with Crippen LogP contribution in [0.5, 0.6) is 0 Å². The summed E-state index contributed by atoms with van der Waals surface area (Å²) in [4.78, 5) is 40.7. The number of hydrogen-bond donors (Lipinski definition) is 1. The standard InChI is InChI=1S/C30H29N7O5S/c1-2-21-8-9-25-22(16-21)17-27(33-25)43(41,42)35-14-15-36(24(20-35)10-13-34-11-5-7-28(34)38)30(39)29-31-18-23(19-32-29)26-6-3-4-12-37(26)40/h1,3-4,6,8-9,12,16-19,24,33H,5,7,10-11,13-15,20H2. The smallest absolute Gasteiger partial charge is 0.291 e. The molecule has 2 aliphatic rings. The lowest BCUT2D eigenvalue weighted by Gasteiger charge is -2.40. The van der Waals surface area contributed by atoms with Gasteiger partial charge in [-0.15, -0.1) is 6.42 Å². The molecule has 4 aromatic rings. The van der Waals surface area contributed by atoms with Crippen molar-refractivity contribution in [3.63, 3.8) is 0 Å². The number of aromatic nitrogens is 4. The molecule has 1 unspecified atom stereocenters. The Morgan fingerprint density at radius 1 is 1.14 bits per heavy atom. The van der Waals surface area contributed by atoms with E-state index in [4.69, 9.17) is 6.42 Å². The van der Waals surface area contributed by atoms with Gasteiger partial charge in [-0.1, -0.05) is 5.92 Å². The van der Waals surface area contributed by atoms with Gasteiger partial charge in [0, 0.05) is 86.2 Å². The maximum atomic E-state index is 13.7. The Hall–Kier alpha value is -4.80. The van der Waals surface area contributed by atoms with Crippen LogP contribution in [-0.2, 0) is 14.8 Å². The average Bonchev–Trinajstić information content (AvgIpc) is 3.65. The van der Waals surface area contributed by atoms with Crippen LogP contribution in [0.2, 0.25) is 0 Å². The zero-order valence-electron chi connectivity index (χ0n) is 23.2. The molecule has 2 fully saturated rings. The summed E-state index contributed by atoms with van der Waals surface area (Å²) in [6.45, 7) is 1.26. The van der Waals surface area contributed by atoms with E-state index in [1.165, 1.54) is 22.9 Å². The van der Waals surface area contributed by atoms with Crippen molar-refractivity contribution in [2.75, 3.05) is 32.7 Å². The fourth-order valence-corrected chi connectivity index (χ4v) is 7.11. The number of terminal acetylenes is 1. The third kappa shape index (κ3) is 5.54. The zero-order valence-corrected chi connectivity index (χ0v) is 24.0. The number of rotatable bonds is 7. The Morgan fingerprint density at radius 3 is 2.67 bits per heavy atom. The molecule has 5 heterocycles. The normalized spacial score (nSPS) is 17.8. The summed E-state index contributed by atoms with van der Waals surface area (Å²) < 4.78 is 29.6. The number of piperazine rings is 1. The van der Waals surface area contributed by atoms with Crippen LogP contribution in [0.4, 0.5) is 0 Å². The molecule has 3 aromatic heterocycles. The second-order valence-electron chi connectivity index (χ2n) is 10.6. The molecule has 0 radical (unpaired) electrons. The van der Waals surface area contributed by atoms with Crippen LogP contribution in [-0.4, -0.2) is 88.1 Å². The van der Waals surface area contributed by atoms with Crippen molar-refractivity contribution in [1.29, 1.82) is 0 Å². The van der Waals surface area contributed by atoms with E-state index < -0.39 is 22.0 Å². The molecule has 0 spiro atoms. The van der Waals surface area contributed by atoms with E-state index in [1.807, 2.05) is 0 Å². The molecule has 1 aromatic carbocycles. The number of carbonyl (C=O) groups is 2. The number of sulfonamides is 1. The summed E-state index contributed by atoms with van der Waals surface area (Å²) in [6, 6.07) is 11.2. The van der Waals surface area contributed by atoms with Gasteiger partial charge in [0.2, 0.25) is 17.4 Å². The van der Waals surface area contributed by atoms with Crippen LogP contribution in [0.25, 0.3) is 22.2 Å². The second kappa shape index (κ2) is 11.5. The van der Waals surface area contributed by atoms with Crippen LogP contribution < -0.4 is 4.73 Å². The highest BCUT2D eigenvalue weighted by Gasteiger charge is 2.38. The number of likely N-dealkylation sites (tertiary alicyclic amines) is 1. The number of H-pyrrole nitrogens is 1. The third-order valence-corrected chi connectivity index (χ3v) is 9.74. The van der Waals surface area contributed by atoms with Gasteiger partial charge in [0.25, 0.3) is 15.9 Å². The lowest BCUT2D eigenvalue weighted by atomic mass is 10.1. The topological polar surface area (TPSA) is 147 Å². The molecule has 2 saturated heterocycles. The van der Waals surface area contributed by atoms with E-state index in [-0.39, 0.29) is 36.4 Å². The average molecular weight is 600 g/mol. The maximum absolute atomic E-state index is 13.7. The van der Waals surface area contributed by atoms with Crippen LogP contribution in [0.1, 0.15) is 35.4 Å². The van der Waals surface area contributed by atoms with Gasteiger partial charge in [-0.05, 0) is 43.2 Å². The van der Waals surface area contributed by atoms with Crippen molar-refractivity contribution < 1.29 is 22.7 Å². The molecule has 0 bridgehead atoms. The predicted molar refractivity (Wildman–Crippen MR) is 157 cm³/mol. The summed E-state index contributed by atoms with van der Waals surface area (Å²) in [5.41, 5.74) is 2.10. The van der Waals surface area contributed by atoms with Gasteiger partial charge in [0.15, 0.2) is 6.20 Å². The van der Waals surface area contributed by atoms with Crippen molar-refractivity contribution in [3.05, 3.63) is 77.7 Å². The minimum atomic E-state index is -3.93. The molecular weight excluding hydrogens is 570 g/mol. The van der Waals surface area contributed by atoms with Crippen molar-refractivity contribution in [2.24, 2.45) is 0 Å². The zero-order chi connectivity index (χ0) is 30.1. The van der Waals surface area contributed by atoms with Gasteiger partial charge < -0.3 is 20.0 Å². The number of aromatic amines is 1. The van der Waals surface area contributed by atoms with Gasteiger partial charge in [0.05, 0.1) is 5.56 Å². The number of nitrogens with one attached hydrogen (secondary N) is 1. The fraction of sp³-hybridized carbons (Fsp3) is 0.300. The SMILES string of the molecule is C#Cc1ccc2[nH]c(S(=O)(=O)N3CCN(C(=O)c4ncc(-c5cccc[n+]5[O-])cn4)C(CCN4CCCC4=O)C3)cc2c1. The van der Waals surface area contributed by atoms with Crippen LogP contribution in [0.3, 0.4) is 0 Å². The molecule has 1 N–H and O–H groups in total. The van der Waals surface area contributed by atoms with Gasteiger partial charge in [0.1, 0.15) is 5.03 Å². The van der Waals surface area contributed by atoms with Crippen molar-refractivity contribution in [2.45, 2.75) is 30.3 Å². The number of carbonyl (C=O) groups excluding carboxylic acids is 2. The van der Waals surface area contributed by atoms with E-state index >= 15 is 0 Å². The van der Waals surface area contributed by atoms with E-state index in [0.29, 0.717) is 58.4 Å². The Morgan fingerprint density at radius 2 is 1.95 bits per heavy atom. The second-order valence-corrected chi connectivity index (χ2v) is 12.5. The number of fused-ring (bicyclic) bond motifs is 1. The van der Waals surface area contributed by atoms with E-state index in [1.54, 1.807) is 52.3 Å². The molecule has 13 heteroatoms. The first-order valence-electron chi connectivity index (χ1n) is 13.9. The van der Waals surface area contributed by atoms with Crippen LogP contribution in [0.15, 0.2) is 66.1 Å². The molecule has 12 nitrogen and oxygen atoms in total. The monoisotopic (exact) mass is 599 g/mol. The molecule has 2 aliphatic heterocycles. The minimum absolute atomic E-state index is 0.0410. The number of benzene rings is 1. The van der Waals surface area contributed by atoms with Gasteiger partial charge in [-0.25, -0.2) is 18.4 Å². The quantitative estimate of drug-likeness (QED) is 0.194. The highest BCUT2D eigenvalue weighted by Crippen LogP contribution is 2.26. The van der Waals surface area contributed by atoms with Gasteiger partial charge in [-0.3, -0.25) is 9.59 Å². The highest BCUT2D eigenvalue weighted by molar-refractivity contribution is 7.89. The highest BCUT2D eigenvalue weighted by atomic mass is 32.2. The summed E-state index contributed by atoms with van der Waals surface area (Å²) >= 11 is 0. The first-order chi connectivity index (χ1) is 20.7. The number of pyridine rings is 1. The Labute approximate surface area is 248 Å². The van der Waals surface area contributed by atoms with Crippen LogP contribution in [0, 0.1) is 17.6 Å². The molecule has 43 heavy (non-hydrogen) atoms. The molecular formula is C30H29N7O5S. The molecule has 0 saturated carbocycles. The summed E-state index contributed by atoms with van der Waals surface area (Å²) in [7, 11) is -3.93. The van der Waals surface area contributed by atoms with Crippen molar-refractivity contribution in [1.82, 2.24) is 29.1 Å². The number of amides is 2. The Kier molecular flexibility index (Phi) is 7.55. The molecule has 1 atom stereocenters. The summed E-state index contributed by atoms with van der Waals surface area (Å²) in [5, 5.41) is 12.8. The molecule has 220 valence electrons. The van der Waals surface area contributed by atoms with Gasteiger partial charge in [-0.2, -0.15) is 9.04 Å². The number of nitrogens with zero attached hydrogens (tertiary/aromatic N) is 6.